The number of nitrogens with one attached hydrogen (secondary N) is 3. The number of nitroso groups, excluding NO2 is 1. The van der Waals surface area contributed by atoms with Crippen LogP contribution in [0.3, 0.4) is 0 Å². The molecule has 32 heavy (non-hydrogen) atoms. The molecule has 0 saturated carbocycles. The molecule has 2 atom stereocenters. The van der Waals surface area contributed by atoms with E-state index in [0.29, 0.717) is 29.3 Å². The van der Waals surface area contributed by atoms with Gasteiger partial charge in [-0.2, -0.15) is 9.90 Å². The smallest absolute Gasteiger partial charge is 0.280 e. The average Bonchev–Trinajstić information content (AvgIpc) is 2.80. The van der Waals surface area contributed by atoms with Crippen molar-refractivity contribution < 1.29 is 13.9 Å². The van der Waals surface area contributed by atoms with Gasteiger partial charge in [-0.25, -0.2) is 4.39 Å². The Bertz CT molecular complexity index is 918. The number of aliphatic imine (C=N–C) groups is 1. The van der Waals surface area contributed by atoms with Gasteiger partial charge in [0, 0.05) is 18.5 Å². The van der Waals surface area contributed by atoms with E-state index in [1.165, 1.54) is 31.4 Å². The Kier molecular flexibility index (Phi) is 9.75. The number of carbonyl (C=O) groups is 1. The number of carbonyl (C=O) groups excluding carboxylic acids is 1. The number of ether oxygens (including phenoxy) is 1. The molecule has 0 aliphatic carbocycles. The minimum Gasteiger partial charge on any atom is -0.497 e. The van der Waals surface area contributed by atoms with Crippen LogP contribution in [-0.4, -0.2) is 38.7 Å². The van der Waals surface area contributed by atoms with E-state index >= 15 is 0 Å². The van der Waals surface area contributed by atoms with Crippen LogP contribution in [0.5, 0.6) is 5.75 Å². The molecule has 0 spiro atoms. The van der Waals surface area contributed by atoms with Gasteiger partial charge < -0.3 is 20.7 Å². The summed E-state index contributed by atoms with van der Waals surface area (Å²) in [6, 6.07) is 11.7. The molecular weight excluding hydrogens is 413 g/mol. The van der Waals surface area contributed by atoms with Gasteiger partial charge >= 0.3 is 0 Å². The van der Waals surface area contributed by atoms with Crippen molar-refractivity contribution in [1.29, 1.82) is 0 Å². The highest BCUT2D eigenvalue weighted by atomic mass is 19.1. The molecule has 172 valence electrons. The van der Waals surface area contributed by atoms with E-state index in [-0.39, 0.29) is 18.2 Å². The van der Waals surface area contributed by atoms with Crippen LogP contribution >= 0.6 is 0 Å². The summed E-state index contributed by atoms with van der Waals surface area (Å²) in [5.74, 6) is 0.314. The predicted molar refractivity (Wildman–Crippen MR) is 123 cm³/mol. The van der Waals surface area contributed by atoms with Crippen LogP contribution in [0.2, 0.25) is 0 Å². The van der Waals surface area contributed by atoms with Crippen molar-refractivity contribution in [2.24, 2.45) is 16.1 Å². The quantitative estimate of drug-likeness (QED) is 0.224. The van der Waals surface area contributed by atoms with Crippen molar-refractivity contribution in [2.45, 2.75) is 32.5 Å². The maximum atomic E-state index is 13.2. The van der Waals surface area contributed by atoms with Gasteiger partial charge in [0.2, 0.25) is 5.96 Å². The summed E-state index contributed by atoms with van der Waals surface area (Å²) in [5, 5.41) is 12.5. The Morgan fingerprint density at radius 3 is 2.47 bits per heavy atom. The lowest BCUT2D eigenvalue weighted by Gasteiger charge is -2.23. The molecule has 0 heterocycles. The molecule has 0 saturated heterocycles. The first kappa shape index (κ1) is 24.9. The minimum atomic E-state index is -0.707. The van der Waals surface area contributed by atoms with Crippen molar-refractivity contribution in [1.82, 2.24) is 16.0 Å². The molecule has 3 N–H and O–H groups in total. The molecule has 2 aromatic carbocycles. The van der Waals surface area contributed by atoms with E-state index < -0.39 is 18.1 Å². The monoisotopic (exact) mass is 443 g/mol. The highest BCUT2D eigenvalue weighted by Crippen LogP contribution is 2.22. The normalized spacial score (nSPS) is 13.4. The highest BCUT2D eigenvalue weighted by molar-refractivity contribution is 6.02. The van der Waals surface area contributed by atoms with E-state index in [2.05, 4.69) is 26.1 Å². The number of benzene rings is 2. The second-order valence-electron chi connectivity index (χ2n) is 7.67. The molecule has 1 amide bonds. The fourth-order valence-corrected chi connectivity index (χ4v) is 2.91. The van der Waals surface area contributed by atoms with Crippen LogP contribution in [0.25, 0.3) is 0 Å². The molecule has 0 bridgehead atoms. The number of guanidine groups is 1. The second-order valence-corrected chi connectivity index (χ2v) is 7.67. The number of halogens is 1. The van der Waals surface area contributed by atoms with Crippen LogP contribution in [0.4, 0.5) is 4.39 Å². The van der Waals surface area contributed by atoms with Crippen molar-refractivity contribution in [3.8, 4) is 5.75 Å². The van der Waals surface area contributed by atoms with E-state index in [4.69, 9.17) is 4.74 Å². The summed E-state index contributed by atoms with van der Waals surface area (Å²) in [7, 11) is 3.24. The second kappa shape index (κ2) is 12.5. The van der Waals surface area contributed by atoms with E-state index in [0.717, 1.165) is 0 Å². The summed E-state index contributed by atoms with van der Waals surface area (Å²) < 4.78 is 18.4. The van der Waals surface area contributed by atoms with Crippen molar-refractivity contribution in [3.63, 3.8) is 0 Å². The van der Waals surface area contributed by atoms with Gasteiger partial charge in [0.05, 0.1) is 13.3 Å². The fraction of sp³-hybridized carbons (Fsp3) is 0.391. The number of hydrogen-bond donors (Lipinski definition) is 3. The van der Waals surface area contributed by atoms with Crippen LogP contribution in [0.15, 0.2) is 58.7 Å². The first-order valence-corrected chi connectivity index (χ1v) is 10.4. The molecule has 2 rings (SSSR count). The number of amides is 1. The molecular formula is C23H30FN5O3. The van der Waals surface area contributed by atoms with Crippen LogP contribution in [-0.2, 0) is 0 Å². The van der Waals surface area contributed by atoms with Gasteiger partial charge in [-0.1, -0.05) is 37.2 Å². The van der Waals surface area contributed by atoms with Crippen molar-refractivity contribution in [3.05, 3.63) is 70.4 Å². The van der Waals surface area contributed by atoms with Gasteiger partial charge in [0.25, 0.3) is 5.91 Å². The molecule has 0 fully saturated rings. The first-order valence-electron chi connectivity index (χ1n) is 10.4. The van der Waals surface area contributed by atoms with E-state index in [1.807, 2.05) is 13.8 Å². The number of methoxy groups -OCH3 is 1. The largest absolute Gasteiger partial charge is 0.497 e. The van der Waals surface area contributed by atoms with Gasteiger partial charge in [-0.05, 0) is 48.9 Å². The zero-order valence-electron chi connectivity index (χ0n) is 18.8. The molecule has 0 aromatic heterocycles. The number of rotatable bonds is 10. The highest BCUT2D eigenvalue weighted by Gasteiger charge is 2.20. The first-order chi connectivity index (χ1) is 15.4. The number of nitrogens with zero attached hydrogens (tertiary/aromatic N) is 2. The van der Waals surface area contributed by atoms with Gasteiger partial charge in [0.15, 0.2) is 0 Å². The lowest BCUT2D eigenvalue weighted by molar-refractivity contribution is 0.100. The standard InChI is InChI=1S/C23H30FN5O3/c1-15(2)14-26-23(28-22(30)17-6-5-7-19(12-17)32-4)27-21(25-3)13-20(29-31)16-8-10-18(24)11-9-16/h5-12,15,20-21,25H,13-14H2,1-4H3,(H2,26,27,28,30). The maximum Gasteiger partial charge on any atom is 0.280 e. The lowest BCUT2D eigenvalue weighted by atomic mass is 10.0. The Morgan fingerprint density at radius 1 is 1.16 bits per heavy atom. The van der Waals surface area contributed by atoms with Crippen LogP contribution in [0.1, 0.15) is 42.2 Å². The zero-order valence-corrected chi connectivity index (χ0v) is 18.8. The summed E-state index contributed by atoms with van der Waals surface area (Å²) in [6.45, 7) is 4.65. The minimum absolute atomic E-state index is 0.265. The third kappa shape index (κ3) is 7.73. The molecule has 2 aromatic rings. The SMILES string of the molecule is CNC(CC(N=O)c1ccc(F)cc1)N/C(=N\C(=O)c1cccc(OC)c1)NCC(C)C. The topological polar surface area (TPSA) is 104 Å². The average molecular weight is 444 g/mol. The summed E-state index contributed by atoms with van der Waals surface area (Å²) >= 11 is 0. The Balaban J connectivity index is 2.20. The molecule has 9 heteroatoms. The summed E-state index contributed by atoms with van der Waals surface area (Å²) in [4.78, 5) is 28.4. The fourth-order valence-electron chi connectivity index (χ4n) is 2.91. The third-order valence-electron chi connectivity index (χ3n) is 4.71. The lowest BCUT2D eigenvalue weighted by Crippen LogP contribution is -2.50. The van der Waals surface area contributed by atoms with Gasteiger partial charge in [0.1, 0.15) is 17.6 Å². The molecule has 0 aliphatic rings. The van der Waals surface area contributed by atoms with Crippen LogP contribution < -0.4 is 20.7 Å². The predicted octanol–water partition coefficient (Wildman–Crippen LogP) is 3.61. The molecule has 0 aliphatic heterocycles. The van der Waals surface area contributed by atoms with Crippen molar-refractivity contribution in [2.75, 3.05) is 20.7 Å². The Hall–Kier alpha value is -3.33. The number of hydrogen-bond acceptors (Lipinski definition) is 5. The molecule has 2 unspecified atom stereocenters. The molecule has 8 nitrogen and oxygen atoms in total. The maximum absolute atomic E-state index is 13.2. The third-order valence-corrected chi connectivity index (χ3v) is 4.71. The van der Waals surface area contributed by atoms with E-state index in [9.17, 15) is 14.1 Å². The zero-order chi connectivity index (χ0) is 23.5. The van der Waals surface area contributed by atoms with E-state index in [1.54, 1.807) is 31.3 Å². The summed E-state index contributed by atoms with van der Waals surface area (Å²) in [5.41, 5.74) is 0.985. The summed E-state index contributed by atoms with van der Waals surface area (Å²) in [6.07, 6.45) is -0.166. The Morgan fingerprint density at radius 2 is 1.88 bits per heavy atom. The van der Waals surface area contributed by atoms with Crippen LogP contribution in [0, 0.1) is 16.6 Å². The van der Waals surface area contributed by atoms with Gasteiger partial charge in [-0.3, -0.25) is 4.79 Å². The van der Waals surface area contributed by atoms with Gasteiger partial charge in [-0.15, -0.1) is 0 Å². The van der Waals surface area contributed by atoms with Crippen molar-refractivity contribution >= 4 is 11.9 Å². The molecule has 0 radical (unpaired) electrons. The Labute approximate surface area is 187 Å².